The summed E-state index contributed by atoms with van der Waals surface area (Å²) in [6.45, 7) is 2.35. The smallest absolute Gasteiger partial charge is 0.291 e. The van der Waals surface area contributed by atoms with Gasteiger partial charge in [0.05, 0.1) is 6.10 Å². The number of hydrogen-bond acceptors (Lipinski definition) is 2. The van der Waals surface area contributed by atoms with Crippen LogP contribution < -0.4 is 0 Å². The molecule has 1 aliphatic rings. The topological polar surface area (TPSA) is 26.3 Å². The molecule has 0 aromatic carbocycles. The predicted molar refractivity (Wildman–Crippen MR) is 67.8 cm³/mol. The summed E-state index contributed by atoms with van der Waals surface area (Å²) < 4.78 is 15.7. The van der Waals surface area contributed by atoms with Gasteiger partial charge in [-0.2, -0.15) is 0 Å². The van der Waals surface area contributed by atoms with Crippen molar-refractivity contribution in [2.45, 2.75) is 77.2 Å². The lowest BCUT2D eigenvalue weighted by Gasteiger charge is -2.17. The Hall–Kier alpha value is 0.0600. The van der Waals surface area contributed by atoms with Gasteiger partial charge in [0.1, 0.15) is 0 Å². The Morgan fingerprint density at radius 2 is 1.44 bits per heavy atom. The van der Waals surface area contributed by atoms with E-state index >= 15 is 0 Å². The second-order valence-corrected chi connectivity index (χ2v) is 5.54. The van der Waals surface area contributed by atoms with Crippen molar-refractivity contribution < 1.29 is 9.09 Å². The van der Waals surface area contributed by atoms with E-state index in [0.717, 1.165) is 18.8 Å². The van der Waals surface area contributed by atoms with Crippen LogP contribution in [0.1, 0.15) is 71.1 Å². The molecule has 3 heteroatoms. The fraction of sp³-hybridized carbons (Fsp3) is 1.00. The highest BCUT2D eigenvalue weighted by Gasteiger charge is 2.11. The van der Waals surface area contributed by atoms with E-state index in [1.165, 1.54) is 51.4 Å². The van der Waals surface area contributed by atoms with E-state index in [1.54, 1.807) is 0 Å². The minimum absolute atomic E-state index is 0.142. The van der Waals surface area contributed by atoms with Crippen molar-refractivity contribution in [1.82, 2.24) is 0 Å². The zero-order valence-electron chi connectivity index (χ0n) is 10.5. The lowest BCUT2D eigenvalue weighted by Crippen LogP contribution is -2.09. The van der Waals surface area contributed by atoms with E-state index < -0.39 is 0 Å². The molecule has 94 valence electrons. The predicted octanol–water partition coefficient (Wildman–Crippen LogP) is 5.13. The summed E-state index contributed by atoms with van der Waals surface area (Å²) in [6.07, 6.45) is 13.0. The maximum Gasteiger partial charge on any atom is 0.327 e. The van der Waals surface area contributed by atoms with Crippen molar-refractivity contribution in [3.05, 3.63) is 0 Å². The molecule has 2 nitrogen and oxygen atoms in total. The van der Waals surface area contributed by atoms with Crippen LogP contribution in [0.3, 0.4) is 0 Å². The fourth-order valence-electron chi connectivity index (χ4n) is 2.54. The quantitative estimate of drug-likeness (QED) is 0.629. The minimum Gasteiger partial charge on any atom is -0.291 e. The third kappa shape index (κ3) is 6.60. The molecule has 0 aliphatic heterocycles. The van der Waals surface area contributed by atoms with Gasteiger partial charge in [0.2, 0.25) is 0 Å². The lowest BCUT2D eigenvalue weighted by atomic mass is 9.93. The van der Waals surface area contributed by atoms with Crippen LogP contribution in [0.4, 0.5) is 0 Å². The van der Waals surface area contributed by atoms with Crippen molar-refractivity contribution in [3.63, 3.8) is 0 Å². The number of hydrogen-bond donors (Lipinski definition) is 0. The maximum absolute atomic E-state index is 10.5. The molecule has 16 heavy (non-hydrogen) atoms. The lowest BCUT2D eigenvalue weighted by molar-refractivity contribution is 0.188. The molecule has 0 amide bonds. The summed E-state index contributed by atoms with van der Waals surface area (Å²) in [4.78, 5) is 0. The monoisotopic (exact) mass is 244 g/mol. The van der Waals surface area contributed by atoms with E-state index in [0.29, 0.717) is 0 Å². The van der Waals surface area contributed by atoms with Crippen LogP contribution in [0.25, 0.3) is 0 Å². The summed E-state index contributed by atoms with van der Waals surface area (Å²) in [7, 11) is -0.142. The van der Waals surface area contributed by atoms with Crippen LogP contribution in [0, 0.1) is 5.92 Å². The molecule has 0 radical (unpaired) electrons. The van der Waals surface area contributed by atoms with Gasteiger partial charge in [0.15, 0.2) is 0 Å². The molecular formula is C13H25O2P. The molecule has 2 atom stereocenters. The average molecular weight is 244 g/mol. The Kier molecular flexibility index (Phi) is 8.06. The van der Waals surface area contributed by atoms with E-state index in [4.69, 9.17) is 4.52 Å². The highest BCUT2D eigenvalue weighted by molar-refractivity contribution is 7.17. The molecule has 0 spiro atoms. The molecule has 0 bridgehead atoms. The third-order valence-electron chi connectivity index (χ3n) is 3.64. The number of rotatable bonds is 2. The Bertz CT molecular complexity index is 185. The SMILES string of the molecule is CC1CCCCCCCC(OP=O)CCC1. The van der Waals surface area contributed by atoms with Crippen LogP contribution >= 0.6 is 8.69 Å². The van der Waals surface area contributed by atoms with Gasteiger partial charge in [-0.15, -0.1) is 0 Å². The Labute approximate surface area is 101 Å². The summed E-state index contributed by atoms with van der Waals surface area (Å²) in [5.41, 5.74) is 0. The standard InChI is InChI=1S/C13H25O2P/c1-12-8-5-3-2-4-6-10-13(15-16-14)11-7-9-12/h12-13H,2-11H2,1H3. The summed E-state index contributed by atoms with van der Waals surface area (Å²) in [6, 6.07) is 0. The van der Waals surface area contributed by atoms with Crippen molar-refractivity contribution in [1.29, 1.82) is 0 Å². The van der Waals surface area contributed by atoms with Gasteiger partial charge in [-0.25, -0.2) is 4.57 Å². The first-order chi connectivity index (χ1) is 7.83. The second-order valence-electron chi connectivity index (χ2n) is 5.18. The third-order valence-corrected chi connectivity index (χ3v) is 4.02. The molecule has 2 unspecified atom stereocenters. The first-order valence-electron chi connectivity index (χ1n) is 6.81. The molecule has 0 aromatic heterocycles. The van der Waals surface area contributed by atoms with Crippen LogP contribution in [0.5, 0.6) is 0 Å². The van der Waals surface area contributed by atoms with E-state index in [9.17, 15) is 4.57 Å². The zero-order valence-corrected chi connectivity index (χ0v) is 11.4. The molecule has 1 rings (SSSR count). The van der Waals surface area contributed by atoms with Crippen LogP contribution in [-0.4, -0.2) is 6.10 Å². The van der Waals surface area contributed by atoms with Gasteiger partial charge in [-0.05, 0) is 18.8 Å². The van der Waals surface area contributed by atoms with Gasteiger partial charge in [-0.1, -0.05) is 58.3 Å². The van der Waals surface area contributed by atoms with Crippen molar-refractivity contribution >= 4 is 8.69 Å². The fourth-order valence-corrected chi connectivity index (χ4v) is 2.88. The normalized spacial score (nSPS) is 30.6. The van der Waals surface area contributed by atoms with E-state index in [1.807, 2.05) is 0 Å². The Balaban J connectivity index is 2.30. The summed E-state index contributed by atoms with van der Waals surface area (Å²) in [5.74, 6) is 0.852. The largest absolute Gasteiger partial charge is 0.327 e. The van der Waals surface area contributed by atoms with Crippen molar-refractivity contribution in [3.8, 4) is 0 Å². The molecule has 1 aliphatic carbocycles. The van der Waals surface area contributed by atoms with Gasteiger partial charge in [-0.3, -0.25) is 4.52 Å². The Morgan fingerprint density at radius 3 is 2.19 bits per heavy atom. The average Bonchev–Trinajstić information content (AvgIpc) is 2.25. The minimum atomic E-state index is -0.142. The highest BCUT2D eigenvalue weighted by Crippen LogP contribution is 2.23. The van der Waals surface area contributed by atoms with Crippen molar-refractivity contribution in [2.24, 2.45) is 5.92 Å². The summed E-state index contributed by atoms with van der Waals surface area (Å²) in [5, 5.41) is 0. The van der Waals surface area contributed by atoms with Crippen molar-refractivity contribution in [2.75, 3.05) is 0 Å². The van der Waals surface area contributed by atoms with Gasteiger partial charge < -0.3 is 0 Å². The second kappa shape index (κ2) is 9.13. The van der Waals surface area contributed by atoms with Gasteiger partial charge >= 0.3 is 8.69 Å². The molecule has 1 saturated carbocycles. The first-order valence-corrected chi connectivity index (χ1v) is 7.54. The molecule has 1 fully saturated rings. The van der Waals surface area contributed by atoms with Gasteiger partial charge in [0, 0.05) is 0 Å². The zero-order chi connectivity index (χ0) is 11.6. The highest BCUT2D eigenvalue weighted by atomic mass is 31.1. The molecule has 0 N–H and O–H groups in total. The van der Waals surface area contributed by atoms with Crippen LogP contribution in [0.2, 0.25) is 0 Å². The first kappa shape index (κ1) is 14.1. The van der Waals surface area contributed by atoms with Crippen LogP contribution in [0.15, 0.2) is 0 Å². The van der Waals surface area contributed by atoms with E-state index in [-0.39, 0.29) is 14.8 Å². The maximum atomic E-state index is 10.5. The molecule has 0 aromatic rings. The summed E-state index contributed by atoms with van der Waals surface area (Å²) >= 11 is 0. The molecule has 0 saturated heterocycles. The van der Waals surface area contributed by atoms with Gasteiger partial charge in [0.25, 0.3) is 0 Å². The van der Waals surface area contributed by atoms with E-state index in [2.05, 4.69) is 6.92 Å². The van der Waals surface area contributed by atoms with Crippen LogP contribution in [-0.2, 0) is 9.09 Å². The molecular weight excluding hydrogens is 219 g/mol. The Morgan fingerprint density at radius 1 is 0.875 bits per heavy atom. The molecule has 0 heterocycles.